The predicted octanol–water partition coefficient (Wildman–Crippen LogP) is 3.81. The highest BCUT2D eigenvalue weighted by Gasteiger charge is 2.30. The highest BCUT2D eigenvalue weighted by Crippen LogP contribution is 2.40. The Balaban J connectivity index is 1.52. The third-order valence-electron chi connectivity index (χ3n) is 6.90. The Labute approximate surface area is 238 Å². The van der Waals surface area contributed by atoms with Gasteiger partial charge in [0, 0.05) is 42.5 Å². The lowest BCUT2D eigenvalue weighted by atomic mass is 9.98. The molecule has 3 aromatic rings. The number of carbonyl (C=O) groups is 3. The molecule has 0 atom stereocenters. The van der Waals surface area contributed by atoms with Crippen molar-refractivity contribution in [3.05, 3.63) is 82.9 Å². The monoisotopic (exact) mass is 556 g/mol. The van der Waals surface area contributed by atoms with E-state index in [9.17, 15) is 14.4 Å². The van der Waals surface area contributed by atoms with Crippen molar-refractivity contribution in [1.82, 2.24) is 9.80 Å². The van der Waals surface area contributed by atoms with E-state index in [1.54, 1.807) is 54.4 Å². The van der Waals surface area contributed by atoms with E-state index in [0.29, 0.717) is 76.2 Å². The lowest BCUT2D eigenvalue weighted by Gasteiger charge is -2.21. The summed E-state index contributed by atoms with van der Waals surface area (Å²) in [6.07, 6.45) is 0. The van der Waals surface area contributed by atoms with Gasteiger partial charge in [0.15, 0.2) is 11.5 Å². The first kappa shape index (κ1) is 27.7. The topological polar surface area (TPSA) is 109 Å². The van der Waals surface area contributed by atoms with Crippen LogP contribution in [0.2, 0.25) is 0 Å². The minimum atomic E-state index is -0.494. The third kappa shape index (κ3) is 5.87. The number of fused-ring (bicyclic) bond motifs is 2. The predicted molar refractivity (Wildman–Crippen MR) is 156 cm³/mol. The SMILES string of the molecule is COC(=O)c1ccc2c(c1)NC(=O)C2=C(Nc1ccc(C(=O)N(C)CCN(C)C)cc1)c1ccc2c(c1)OCCO2. The molecule has 5 rings (SSSR count). The van der Waals surface area contributed by atoms with Crippen LogP contribution in [0.1, 0.15) is 31.8 Å². The summed E-state index contributed by atoms with van der Waals surface area (Å²) in [7, 11) is 7.02. The molecule has 0 radical (unpaired) electrons. The molecule has 0 saturated heterocycles. The zero-order valence-electron chi connectivity index (χ0n) is 23.4. The number of hydrogen-bond acceptors (Lipinski definition) is 8. The van der Waals surface area contributed by atoms with E-state index in [-0.39, 0.29) is 11.8 Å². The van der Waals surface area contributed by atoms with Gasteiger partial charge in [-0.1, -0.05) is 6.07 Å². The van der Waals surface area contributed by atoms with Crippen molar-refractivity contribution < 1.29 is 28.6 Å². The summed E-state index contributed by atoms with van der Waals surface area (Å²) in [6.45, 7) is 2.26. The van der Waals surface area contributed by atoms with E-state index >= 15 is 0 Å². The maximum Gasteiger partial charge on any atom is 0.337 e. The first-order chi connectivity index (χ1) is 19.7. The fraction of sp³-hybridized carbons (Fsp3) is 0.258. The molecule has 0 saturated carbocycles. The van der Waals surface area contributed by atoms with Crippen LogP contribution in [0, 0.1) is 0 Å². The number of nitrogens with zero attached hydrogens (tertiary/aromatic N) is 2. The van der Waals surface area contributed by atoms with Crippen LogP contribution in [0.5, 0.6) is 11.5 Å². The van der Waals surface area contributed by atoms with Gasteiger partial charge in [0.1, 0.15) is 13.2 Å². The van der Waals surface area contributed by atoms with Crippen molar-refractivity contribution in [2.75, 3.05) is 65.2 Å². The first-order valence-corrected chi connectivity index (χ1v) is 13.2. The van der Waals surface area contributed by atoms with Crippen LogP contribution in [0.15, 0.2) is 60.7 Å². The standard InChI is InChI=1S/C31H32N4O6/c1-34(2)13-14-35(3)30(37)19-5-9-22(10-6-19)32-28(20-8-12-25-26(18-20)41-16-15-40-25)27-23-11-7-21(31(38)39-4)17-24(23)33-29(27)36/h5-12,17-18,32H,13-16H2,1-4H3,(H,33,36). The second kappa shape index (κ2) is 11.7. The smallest absolute Gasteiger partial charge is 0.337 e. The number of rotatable bonds is 8. The van der Waals surface area contributed by atoms with Crippen LogP contribution >= 0.6 is 0 Å². The van der Waals surface area contributed by atoms with Gasteiger partial charge in [-0.3, -0.25) is 9.59 Å². The van der Waals surface area contributed by atoms with Gasteiger partial charge in [0.25, 0.3) is 11.8 Å². The number of amides is 2. The molecule has 0 aliphatic carbocycles. The molecule has 2 N–H and O–H groups in total. The maximum absolute atomic E-state index is 13.4. The number of anilines is 2. The zero-order chi connectivity index (χ0) is 29.1. The van der Waals surface area contributed by atoms with Gasteiger partial charge in [-0.25, -0.2) is 4.79 Å². The highest BCUT2D eigenvalue weighted by atomic mass is 16.6. The van der Waals surface area contributed by atoms with Crippen LogP contribution < -0.4 is 20.1 Å². The second-order valence-electron chi connectivity index (χ2n) is 10.0. The third-order valence-corrected chi connectivity index (χ3v) is 6.90. The van der Waals surface area contributed by atoms with E-state index < -0.39 is 5.97 Å². The molecule has 0 unspecified atom stereocenters. The second-order valence-corrected chi connectivity index (χ2v) is 10.0. The number of benzene rings is 3. The largest absolute Gasteiger partial charge is 0.486 e. The molecular weight excluding hydrogens is 524 g/mol. The summed E-state index contributed by atoms with van der Waals surface area (Å²) in [5.74, 6) is 0.314. The molecular formula is C31H32N4O6. The van der Waals surface area contributed by atoms with Gasteiger partial charge in [-0.05, 0) is 68.7 Å². The number of likely N-dealkylation sites (N-methyl/N-ethyl adjacent to an activating group) is 2. The Morgan fingerprint density at radius 3 is 2.27 bits per heavy atom. The molecule has 0 spiro atoms. The van der Waals surface area contributed by atoms with E-state index in [0.717, 1.165) is 6.54 Å². The molecule has 212 valence electrons. The molecule has 41 heavy (non-hydrogen) atoms. The van der Waals surface area contributed by atoms with Crippen LogP contribution in [-0.4, -0.2) is 82.1 Å². The quantitative estimate of drug-likeness (QED) is 0.319. The molecule has 10 nitrogen and oxygen atoms in total. The van der Waals surface area contributed by atoms with Crippen LogP contribution in [0.4, 0.5) is 11.4 Å². The zero-order valence-corrected chi connectivity index (χ0v) is 23.4. The van der Waals surface area contributed by atoms with Gasteiger partial charge >= 0.3 is 5.97 Å². The molecule has 0 fully saturated rings. The molecule has 2 heterocycles. The number of methoxy groups -OCH3 is 1. The van der Waals surface area contributed by atoms with E-state index in [1.165, 1.54) is 7.11 Å². The Bertz CT molecular complexity index is 1530. The van der Waals surface area contributed by atoms with Crippen molar-refractivity contribution >= 4 is 40.4 Å². The van der Waals surface area contributed by atoms with E-state index in [4.69, 9.17) is 14.2 Å². The molecule has 2 aliphatic heterocycles. The molecule has 3 aromatic carbocycles. The average Bonchev–Trinajstić information content (AvgIpc) is 3.32. The molecule has 0 bridgehead atoms. The summed E-state index contributed by atoms with van der Waals surface area (Å²) in [5.41, 5.74) is 4.35. The minimum absolute atomic E-state index is 0.0747. The maximum atomic E-state index is 13.4. The molecule has 10 heteroatoms. The Kier molecular flexibility index (Phi) is 7.93. The van der Waals surface area contributed by atoms with Crippen LogP contribution in [-0.2, 0) is 9.53 Å². The fourth-order valence-corrected chi connectivity index (χ4v) is 4.66. The fourth-order valence-electron chi connectivity index (χ4n) is 4.66. The van der Waals surface area contributed by atoms with Crippen molar-refractivity contribution in [1.29, 1.82) is 0 Å². The Morgan fingerprint density at radius 2 is 1.56 bits per heavy atom. The summed E-state index contributed by atoms with van der Waals surface area (Å²) in [4.78, 5) is 42.1. The minimum Gasteiger partial charge on any atom is -0.486 e. The highest BCUT2D eigenvalue weighted by molar-refractivity contribution is 6.37. The van der Waals surface area contributed by atoms with Crippen molar-refractivity contribution in [2.24, 2.45) is 0 Å². The van der Waals surface area contributed by atoms with Crippen LogP contribution in [0.25, 0.3) is 11.3 Å². The van der Waals surface area contributed by atoms with E-state index in [2.05, 4.69) is 10.6 Å². The van der Waals surface area contributed by atoms with Gasteiger partial charge in [0.05, 0.1) is 29.6 Å². The lowest BCUT2D eigenvalue weighted by Crippen LogP contribution is -2.33. The number of nitrogens with one attached hydrogen (secondary N) is 2. The van der Waals surface area contributed by atoms with Crippen LogP contribution in [0.3, 0.4) is 0 Å². The molecule has 2 amide bonds. The Morgan fingerprint density at radius 1 is 0.878 bits per heavy atom. The van der Waals surface area contributed by atoms with Crippen molar-refractivity contribution in [3.8, 4) is 11.5 Å². The number of hydrogen-bond donors (Lipinski definition) is 2. The number of ether oxygens (including phenoxy) is 3. The van der Waals surface area contributed by atoms with Gasteiger partial charge < -0.3 is 34.6 Å². The van der Waals surface area contributed by atoms with Gasteiger partial charge in [-0.2, -0.15) is 0 Å². The summed E-state index contributed by atoms with van der Waals surface area (Å²) in [6, 6.07) is 17.6. The average molecular weight is 557 g/mol. The summed E-state index contributed by atoms with van der Waals surface area (Å²) in [5, 5.41) is 6.27. The van der Waals surface area contributed by atoms with E-state index in [1.807, 2.05) is 37.2 Å². The van der Waals surface area contributed by atoms with Gasteiger partial charge in [-0.15, -0.1) is 0 Å². The lowest BCUT2D eigenvalue weighted by molar-refractivity contribution is -0.110. The van der Waals surface area contributed by atoms with Gasteiger partial charge in [0.2, 0.25) is 0 Å². The van der Waals surface area contributed by atoms with Crippen molar-refractivity contribution in [2.45, 2.75) is 0 Å². The summed E-state index contributed by atoms with van der Waals surface area (Å²) < 4.78 is 16.3. The summed E-state index contributed by atoms with van der Waals surface area (Å²) >= 11 is 0. The number of esters is 1. The molecule has 2 aliphatic rings. The van der Waals surface area contributed by atoms with Crippen molar-refractivity contribution in [3.63, 3.8) is 0 Å². The molecule has 0 aromatic heterocycles. The Hall–Kier alpha value is -4.83. The normalized spacial score (nSPS) is 14.7. The number of carbonyl (C=O) groups excluding carboxylic acids is 3. The first-order valence-electron chi connectivity index (χ1n) is 13.2.